The third-order valence-electron chi connectivity index (χ3n) is 1.84. The lowest BCUT2D eigenvalue weighted by atomic mass is 9.93. The molecule has 6 heteroatoms. The van der Waals surface area contributed by atoms with Gasteiger partial charge in [0.15, 0.2) is 11.5 Å². The van der Waals surface area contributed by atoms with E-state index in [1.54, 1.807) is 5.43 Å². The van der Waals surface area contributed by atoms with E-state index in [9.17, 15) is 20.1 Å². The molecule has 1 rings (SSSR count). The molecule has 0 fully saturated rings. The van der Waals surface area contributed by atoms with Gasteiger partial charge in [-0.1, -0.05) is 6.07 Å². The van der Waals surface area contributed by atoms with E-state index >= 15 is 0 Å². The average molecular weight is 231 g/mol. The average Bonchev–Trinajstić information content (AvgIpc) is 2.31. The van der Waals surface area contributed by atoms with Crippen LogP contribution < -0.4 is 11.3 Å². The maximum absolute atomic E-state index is 11.4. The molecule has 0 bridgehead atoms. The molecule has 0 saturated carbocycles. The normalized spacial score (nSPS) is 20.7. The molecule has 6 nitrogen and oxygen atoms in total. The van der Waals surface area contributed by atoms with Gasteiger partial charge in [-0.2, -0.15) is 0 Å². The Labute approximate surface area is 99.3 Å². The minimum absolute atomic E-state index is 0.478. The van der Waals surface area contributed by atoms with E-state index in [1.165, 1.54) is 0 Å². The van der Waals surface area contributed by atoms with E-state index in [0.717, 1.165) is 18.2 Å². The Morgan fingerprint density at radius 3 is 2.75 bits per heavy atom. The van der Waals surface area contributed by atoms with E-state index in [-0.39, 0.29) is 0 Å². The summed E-state index contributed by atoms with van der Waals surface area (Å²) in [5, 5.41) is 27.8. The number of carbonyl (C=O) groups is 1. The maximum Gasteiger partial charge on any atom is 0.325 e. The smallest absolute Gasteiger partial charge is 0.325 e. The lowest BCUT2D eigenvalue weighted by molar-refractivity contribution is -0.144. The second-order valence-corrected chi connectivity index (χ2v) is 3.03. The third kappa shape index (κ3) is 2.41. The Balaban J connectivity index is 3.61. The van der Waals surface area contributed by atoms with Crippen LogP contribution in [0.5, 0.6) is 11.5 Å². The Kier molecular flexibility index (Phi) is 1.84. The zero-order valence-corrected chi connectivity index (χ0v) is 8.06. The second-order valence-electron chi connectivity index (χ2n) is 3.03. The van der Waals surface area contributed by atoms with Crippen LogP contribution in [0.4, 0.5) is 0 Å². The van der Waals surface area contributed by atoms with Gasteiger partial charge in [0.2, 0.25) is 0 Å². The number of rotatable bonds is 4. The summed E-state index contributed by atoms with van der Waals surface area (Å²) < 4.78 is 37.8. The van der Waals surface area contributed by atoms with Gasteiger partial charge in [0.1, 0.15) is 5.54 Å². The molecule has 0 unspecified atom stereocenters. The van der Waals surface area contributed by atoms with Crippen LogP contribution in [0.15, 0.2) is 18.2 Å². The fourth-order valence-electron chi connectivity index (χ4n) is 0.969. The number of aromatic hydroxyl groups is 2. The summed E-state index contributed by atoms with van der Waals surface area (Å²) in [5.74, 6) is 1.73. The molecular formula is C10H14N2O4. The monoisotopic (exact) mass is 231 g/mol. The quantitative estimate of drug-likeness (QED) is 0.282. The van der Waals surface area contributed by atoms with Crippen molar-refractivity contribution in [2.45, 2.75) is 18.8 Å². The molecule has 6 N–H and O–H groups in total. The van der Waals surface area contributed by atoms with Crippen molar-refractivity contribution in [3.63, 3.8) is 0 Å². The molecule has 0 heterocycles. The molecule has 16 heavy (non-hydrogen) atoms. The van der Waals surface area contributed by atoms with Crippen molar-refractivity contribution in [2.24, 2.45) is 5.84 Å². The molecule has 1 aromatic rings. The fourth-order valence-corrected chi connectivity index (χ4v) is 0.969. The molecule has 1 aromatic carbocycles. The van der Waals surface area contributed by atoms with Crippen molar-refractivity contribution < 1.29 is 27.0 Å². The van der Waals surface area contributed by atoms with Gasteiger partial charge in [-0.25, -0.2) is 5.43 Å². The van der Waals surface area contributed by atoms with Crippen molar-refractivity contribution >= 4 is 5.97 Å². The van der Waals surface area contributed by atoms with Gasteiger partial charge in [-0.05, 0) is 24.5 Å². The molecule has 0 aliphatic heterocycles. The first-order valence-corrected chi connectivity index (χ1v) is 4.15. The minimum atomic E-state index is -3.34. The second kappa shape index (κ2) is 4.38. The number of hydrazine groups is 1. The Morgan fingerprint density at radius 2 is 2.31 bits per heavy atom. The van der Waals surface area contributed by atoms with Crippen LogP contribution in [-0.4, -0.2) is 26.8 Å². The standard InChI is InChI=1S/C10H14N2O4/c1-10(12-11,9(15)16)5-6-2-3-7(13)8(14)4-6/h2-4,12-14H,5,11H2,1H3,(H,15,16)/t10-/m0/s1/i1D3,5D2. The lowest BCUT2D eigenvalue weighted by Gasteiger charge is -2.23. The number of benzene rings is 1. The summed E-state index contributed by atoms with van der Waals surface area (Å²) in [6.07, 6.45) is -3.02. The highest BCUT2D eigenvalue weighted by Gasteiger charge is 2.32. The number of aliphatic carboxylic acids is 1. The van der Waals surface area contributed by atoms with Crippen LogP contribution in [0.2, 0.25) is 0 Å². The van der Waals surface area contributed by atoms with Crippen molar-refractivity contribution in [1.29, 1.82) is 0 Å². The van der Waals surface area contributed by atoms with E-state index in [1.807, 2.05) is 0 Å². The first-order valence-electron chi connectivity index (χ1n) is 6.65. The highest BCUT2D eigenvalue weighted by atomic mass is 16.4. The topological polar surface area (TPSA) is 116 Å². The number of phenolic OH excluding ortho intramolecular Hbond substituents is 2. The van der Waals surface area contributed by atoms with Crippen LogP contribution >= 0.6 is 0 Å². The highest BCUT2D eigenvalue weighted by Crippen LogP contribution is 2.26. The summed E-state index contributed by atoms with van der Waals surface area (Å²) in [6, 6.07) is 2.59. The van der Waals surface area contributed by atoms with Crippen molar-refractivity contribution in [1.82, 2.24) is 5.43 Å². The number of phenols is 2. The largest absolute Gasteiger partial charge is 0.504 e. The van der Waals surface area contributed by atoms with Gasteiger partial charge in [0, 0.05) is 13.2 Å². The fraction of sp³-hybridized carbons (Fsp3) is 0.300. The molecular weight excluding hydrogens is 212 g/mol. The van der Waals surface area contributed by atoms with E-state index in [0.29, 0.717) is 0 Å². The van der Waals surface area contributed by atoms with Gasteiger partial charge in [-0.3, -0.25) is 10.6 Å². The van der Waals surface area contributed by atoms with Crippen molar-refractivity contribution in [3.05, 3.63) is 23.8 Å². The van der Waals surface area contributed by atoms with Crippen LogP contribution in [0, 0.1) is 0 Å². The predicted molar refractivity (Wildman–Crippen MR) is 56.8 cm³/mol. The minimum Gasteiger partial charge on any atom is -0.504 e. The zero-order chi connectivity index (χ0) is 16.6. The summed E-state index contributed by atoms with van der Waals surface area (Å²) in [4.78, 5) is 11.4. The number of nitrogens with one attached hydrogen (secondary N) is 1. The van der Waals surface area contributed by atoms with Crippen LogP contribution in [0.1, 0.15) is 19.3 Å². The molecule has 88 valence electrons. The Bertz CT molecular complexity index is 563. The van der Waals surface area contributed by atoms with Crippen molar-refractivity contribution in [2.75, 3.05) is 0 Å². The first-order chi connectivity index (χ1) is 9.41. The van der Waals surface area contributed by atoms with Gasteiger partial charge in [0.05, 0.1) is 0 Å². The van der Waals surface area contributed by atoms with Crippen LogP contribution in [0.25, 0.3) is 0 Å². The lowest BCUT2D eigenvalue weighted by Crippen LogP contribution is -2.54. The Hall–Kier alpha value is -1.79. The SMILES string of the molecule is [2H]C([2H])([2H])[C@@](NN)(C(=O)O)C([2H])([2H])c1ccc(O)c(O)c1. The summed E-state index contributed by atoms with van der Waals surface area (Å²) >= 11 is 0. The van der Waals surface area contributed by atoms with Gasteiger partial charge < -0.3 is 15.3 Å². The molecule has 0 saturated heterocycles. The van der Waals surface area contributed by atoms with E-state index in [2.05, 4.69) is 0 Å². The van der Waals surface area contributed by atoms with Gasteiger partial charge in [0.25, 0.3) is 0 Å². The molecule has 0 aromatic heterocycles. The maximum atomic E-state index is 11.4. The summed E-state index contributed by atoms with van der Waals surface area (Å²) in [7, 11) is 0. The number of carboxylic acid groups (broad SMARTS) is 1. The van der Waals surface area contributed by atoms with Crippen molar-refractivity contribution in [3.8, 4) is 11.5 Å². The molecule has 0 aliphatic rings. The molecule has 0 aliphatic carbocycles. The van der Waals surface area contributed by atoms with Gasteiger partial charge >= 0.3 is 5.97 Å². The summed E-state index contributed by atoms with van der Waals surface area (Å²) in [6.45, 7) is -3.34. The Morgan fingerprint density at radius 1 is 1.62 bits per heavy atom. The van der Waals surface area contributed by atoms with Crippen LogP contribution in [0.3, 0.4) is 0 Å². The molecule has 0 spiro atoms. The number of carboxylic acids is 1. The predicted octanol–water partition coefficient (Wildman–Crippen LogP) is -0.0531. The third-order valence-corrected chi connectivity index (χ3v) is 1.84. The zero-order valence-electron chi connectivity index (χ0n) is 13.1. The van der Waals surface area contributed by atoms with Crippen LogP contribution in [-0.2, 0) is 11.2 Å². The number of nitrogens with two attached hydrogens (primary N) is 1. The van der Waals surface area contributed by atoms with E-state index in [4.69, 9.17) is 12.7 Å². The van der Waals surface area contributed by atoms with Gasteiger partial charge in [-0.15, -0.1) is 0 Å². The van der Waals surface area contributed by atoms with E-state index < -0.39 is 41.8 Å². The summed E-state index contributed by atoms with van der Waals surface area (Å²) in [5.41, 5.74) is -2.08. The molecule has 0 radical (unpaired) electrons. The first kappa shape index (κ1) is 6.72. The highest BCUT2D eigenvalue weighted by molar-refractivity contribution is 5.78. The molecule has 0 amide bonds. The number of hydrogen-bond donors (Lipinski definition) is 5. The number of hydrogen-bond acceptors (Lipinski definition) is 5. The molecule has 1 atom stereocenters.